The third-order valence-electron chi connectivity index (χ3n) is 2.70. The normalized spacial score (nSPS) is 11.8. The van der Waals surface area contributed by atoms with Gasteiger partial charge in [-0.2, -0.15) is 10.2 Å². The maximum Gasteiger partial charge on any atom is 0.175 e. The molecule has 0 spiro atoms. The van der Waals surface area contributed by atoms with Crippen LogP contribution < -0.4 is 5.32 Å². The monoisotopic (exact) mass is 245 g/mol. The lowest BCUT2D eigenvalue weighted by molar-refractivity contribution is 0.423. The first-order valence-electron chi connectivity index (χ1n) is 6.04. The number of hydrogen-bond acceptors (Lipinski definition) is 4. The van der Waals surface area contributed by atoms with E-state index in [0.29, 0.717) is 0 Å². The van der Waals surface area contributed by atoms with E-state index < -0.39 is 0 Å². The van der Waals surface area contributed by atoms with Crippen LogP contribution in [0.25, 0.3) is 5.82 Å². The highest BCUT2D eigenvalue weighted by molar-refractivity contribution is 5.26. The summed E-state index contributed by atoms with van der Waals surface area (Å²) in [6.07, 6.45) is 3.53. The fourth-order valence-corrected chi connectivity index (χ4v) is 1.61. The van der Waals surface area contributed by atoms with E-state index in [1.54, 1.807) is 6.20 Å². The van der Waals surface area contributed by atoms with E-state index in [0.717, 1.165) is 18.1 Å². The lowest BCUT2D eigenvalue weighted by Gasteiger charge is -2.20. The van der Waals surface area contributed by atoms with Crippen molar-refractivity contribution in [2.24, 2.45) is 0 Å². The van der Waals surface area contributed by atoms with Gasteiger partial charge in [-0.3, -0.25) is 0 Å². The number of aromatic nitrogens is 4. The summed E-state index contributed by atoms with van der Waals surface area (Å²) in [5.74, 6) is 0.747. The van der Waals surface area contributed by atoms with Crippen LogP contribution in [0, 0.1) is 6.92 Å². The number of nitrogens with one attached hydrogen (secondary N) is 1. The molecule has 0 aliphatic heterocycles. The van der Waals surface area contributed by atoms with Crippen LogP contribution in [0.4, 0.5) is 0 Å². The van der Waals surface area contributed by atoms with Gasteiger partial charge in [0.05, 0.1) is 6.20 Å². The van der Waals surface area contributed by atoms with E-state index in [1.807, 2.05) is 29.9 Å². The molecule has 2 aromatic heterocycles. The predicted molar refractivity (Wildman–Crippen MR) is 70.5 cm³/mol. The minimum absolute atomic E-state index is 0.0983. The van der Waals surface area contributed by atoms with Gasteiger partial charge in [-0.1, -0.05) is 0 Å². The van der Waals surface area contributed by atoms with Crippen molar-refractivity contribution in [3.8, 4) is 5.82 Å². The molecule has 0 aliphatic carbocycles. The van der Waals surface area contributed by atoms with Gasteiger partial charge in [0.1, 0.15) is 0 Å². The Hall–Kier alpha value is -1.75. The zero-order chi connectivity index (χ0) is 13.2. The van der Waals surface area contributed by atoms with Crippen molar-refractivity contribution in [1.82, 2.24) is 25.3 Å². The molecular weight excluding hydrogens is 226 g/mol. The van der Waals surface area contributed by atoms with E-state index in [9.17, 15) is 0 Å². The SMILES string of the molecule is Cc1c(CNC(C)(C)C)cnn1-c1cccnn1. The Bertz CT molecular complexity index is 510. The molecule has 0 bridgehead atoms. The van der Waals surface area contributed by atoms with Gasteiger partial charge in [-0.15, -0.1) is 5.10 Å². The molecule has 0 radical (unpaired) electrons. The minimum Gasteiger partial charge on any atom is -0.308 e. The fourth-order valence-electron chi connectivity index (χ4n) is 1.61. The lowest BCUT2D eigenvalue weighted by Crippen LogP contribution is -2.35. The van der Waals surface area contributed by atoms with Crippen molar-refractivity contribution in [3.05, 3.63) is 35.8 Å². The summed E-state index contributed by atoms with van der Waals surface area (Å²) in [5, 5.41) is 15.7. The van der Waals surface area contributed by atoms with Crippen LogP contribution in [0.5, 0.6) is 0 Å². The molecule has 96 valence electrons. The number of hydrogen-bond donors (Lipinski definition) is 1. The van der Waals surface area contributed by atoms with Crippen LogP contribution in [0.3, 0.4) is 0 Å². The average molecular weight is 245 g/mol. The summed E-state index contributed by atoms with van der Waals surface area (Å²) in [5.41, 5.74) is 2.36. The Kier molecular flexibility index (Phi) is 3.43. The lowest BCUT2D eigenvalue weighted by atomic mass is 10.1. The van der Waals surface area contributed by atoms with Crippen LogP contribution in [-0.2, 0) is 6.54 Å². The Balaban J connectivity index is 2.19. The molecule has 2 rings (SSSR count). The molecule has 0 saturated carbocycles. The van der Waals surface area contributed by atoms with Crippen molar-refractivity contribution < 1.29 is 0 Å². The standard InChI is InChI=1S/C13H19N5/c1-10-11(8-14-13(2,3)4)9-16-18(10)12-6-5-7-15-17-12/h5-7,9,14H,8H2,1-4H3. The molecule has 2 aromatic rings. The molecule has 0 aromatic carbocycles. The highest BCUT2D eigenvalue weighted by Gasteiger charge is 2.13. The zero-order valence-electron chi connectivity index (χ0n) is 11.3. The Labute approximate surface area is 107 Å². The predicted octanol–water partition coefficient (Wildman–Crippen LogP) is 1.86. The maximum atomic E-state index is 4.36. The summed E-state index contributed by atoms with van der Waals surface area (Å²) >= 11 is 0. The van der Waals surface area contributed by atoms with Gasteiger partial charge in [-0.05, 0) is 39.8 Å². The second-order valence-electron chi connectivity index (χ2n) is 5.35. The first kappa shape index (κ1) is 12.7. The molecule has 1 N–H and O–H groups in total. The first-order valence-corrected chi connectivity index (χ1v) is 6.04. The van der Waals surface area contributed by atoms with Crippen molar-refractivity contribution in [2.75, 3.05) is 0 Å². The summed E-state index contributed by atoms with van der Waals surface area (Å²) in [7, 11) is 0. The van der Waals surface area contributed by atoms with Gasteiger partial charge >= 0.3 is 0 Å². The third kappa shape index (κ3) is 2.92. The van der Waals surface area contributed by atoms with Crippen LogP contribution >= 0.6 is 0 Å². The summed E-state index contributed by atoms with van der Waals surface area (Å²) in [6.45, 7) is 9.29. The average Bonchev–Trinajstić information content (AvgIpc) is 2.68. The Morgan fingerprint density at radius 2 is 2.11 bits per heavy atom. The largest absolute Gasteiger partial charge is 0.308 e. The van der Waals surface area contributed by atoms with Crippen LogP contribution in [0.2, 0.25) is 0 Å². The topological polar surface area (TPSA) is 55.6 Å². The fraction of sp³-hybridized carbons (Fsp3) is 0.462. The second kappa shape index (κ2) is 4.86. The molecule has 0 amide bonds. The Morgan fingerprint density at radius 3 is 2.72 bits per heavy atom. The smallest absolute Gasteiger partial charge is 0.175 e. The van der Waals surface area contributed by atoms with E-state index in [-0.39, 0.29) is 5.54 Å². The molecule has 0 unspecified atom stereocenters. The summed E-state index contributed by atoms with van der Waals surface area (Å²) in [6, 6.07) is 3.75. The number of rotatable bonds is 3. The van der Waals surface area contributed by atoms with Crippen molar-refractivity contribution in [3.63, 3.8) is 0 Å². The van der Waals surface area contributed by atoms with Gasteiger partial charge in [0, 0.05) is 29.5 Å². The van der Waals surface area contributed by atoms with Gasteiger partial charge in [0.2, 0.25) is 0 Å². The molecule has 0 saturated heterocycles. The van der Waals surface area contributed by atoms with Gasteiger partial charge in [0.15, 0.2) is 5.82 Å². The van der Waals surface area contributed by atoms with Gasteiger partial charge in [-0.25, -0.2) is 4.68 Å². The molecule has 2 heterocycles. The first-order chi connectivity index (χ1) is 8.47. The van der Waals surface area contributed by atoms with Crippen molar-refractivity contribution >= 4 is 0 Å². The molecular formula is C13H19N5. The minimum atomic E-state index is 0.0983. The third-order valence-corrected chi connectivity index (χ3v) is 2.70. The maximum absolute atomic E-state index is 4.36. The van der Waals surface area contributed by atoms with Crippen LogP contribution in [0.15, 0.2) is 24.5 Å². The molecule has 0 aliphatic rings. The Morgan fingerprint density at radius 1 is 1.33 bits per heavy atom. The van der Waals surface area contributed by atoms with Crippen molar-refractivity contribution in [2.45, 2.75) is 39.8 Å². The molecule has 5 heteroatoms. The molecule has 0 atom stereocenters. The quantitative estimate of drug-likeness (QED) is 0.896. The zero-order valence-corrected chi connectivity index (χ0v) is 11.3. The van der Waals surface area contributed by atoms with Crippen LogP contribution in [-0.4, -0.2) is 25.5 Å². The highest BCUT2D eigenvalue weighted by Crippen LogP contribution is 2.12. The van der Waals surface area contributed by atoms with Gasteiger partial charge in [0.25, 0.3) is 0 Å². The van der Waals surface area contributed by atoms with Crippen LogP contribution in [0.1, 0.15) is 32.0 Å². The molecule has 5 nitrogen and oxygen atoms in total. The number of nitrogens with zero attached hydrogens (tertiary/aromatic N) is 4. The molecule has 0 fully saturated rings. The van der Waals surface area contributed by atoms with Crippen molar-refractivity contribution in [1.29, 1.82) is 0 Å². The van der Waals surface area contributed by atoms with E-state index >= 15 is 0 Å². The van der Waals surface area contributed by atoms with E-state index in [1.165, 1.54) is 5.56 Å². The van der Waals surface area contributed by atoms with E-state index in [2.05, 4.69) is 41.4 Å². The molecule has 18 heavy (non-hydrogen) atoms. The van der Waals surface area contributed by atoms with E-state index in [4.69, 9.17) is 0 Å². The van der Waals surface area contributed by atoms with Gasteiger partial charge < -0.3 is 5.32 Å². The summed E-state index contributed by atoms with van der Waals surface area (Å²) in [4.78, 5) is 0. The second-order valence-corrected chi connectivity index (χ2v) is 5.35. The summed E-state index contributed by atoms with van der Waals surface area (Å²) < 4.78 is 1.81. The highest BCUT2D eigenvalue weighted by atomic mass is 15.3.